The fraction of sp³-hybridized carbons (Fsp3) is 0.357. The lowest BCUT2D eigenvalue weighted by molar-refractivity contribution is 0.0909. The van der Waals surface area contributed by atoms with Gasteiger partial charge in [-0.25, -0.2) is 8.42 Å². The van der Waals surface area contributed by atoms with Crippen molar-refractivity contribution < 1.29 is 17.7 Å². The van der Waals surface area contributed by atoms with Crippen LogP contribution in [0, 0.1) is 0 Å². The molecule has 7 nitrogen and oxygen atoms in total. The summed E-state index contributed by atoms with van der Waals surface area (Å²) in [6, 6.07) is 7.99. The Morgan fingerprint density at radius 2 is 2.00 bits per heavy atom. The molecular formula is C14H17N3O4S. The van der Waals surface area contributed by atoms with Gasteiger partial charge < -0.3 is 9.84 Å². The summed E-state index contributed by atoms with van der Waals surface area (Å²) >= 11 is 0. The maximum absolute atomic E-state index is 12.2. The zero-order valence-electron chi connectivity index (χ0n) is 12.2. The second kappa shape index (κ2) is 7.17. The molecule has 2 aromatic rings. The number of rotatable bonds is 7. The molecule has 0 unspecified atom stereocenters. The van der Waals surface area contributed by atoms with Gasteiger partial charge >= 0.3 is 11.8 Å². The maximum atomic E-state index is 12.2. The molecule has 1 amide bonds. The van der Waals surface area contributed by atoms with Crippen molar-refractivity contribution in [3.63, 3.8) is 0 Å². The van der Waals surface area contributed by atoms with Gasteiger partial charge in [0.15, 0.2) is 15.7 Å². The van der Waals surface area contributed by atoms with E-state index in [2.05, 4.69) is 15.5 Å². The first kappa shape index (κ1) is 16.2. The normalized spacial score (nSPS) is 11.3. The molecule has 1 heterocycles. The lowest BCUT2D eigenvalue weighted by Gasteiger charge is -2.00. The average Bonchev–Trinajstić information content (AvgIpc) is 2.96. The van der Waals surface area contributed by atoms with Crippen molar-refractivity contribution >= 4 is 15.7 Å². The number of nitrogens with zero attached hydrogens (tertiary/aromatic N) is 2. The molecule has 0 aliphatic carbocycles. The van der Waals surface area contributed by atoms with Crippen LogP contribution in [0.3, 0.4) is 0 Å². The highest BCUT2D eigenvalue weighted by Crippen LogP contribution is 2.14. The number of unbranched alkanes of at least 4 members (excludes halogenated alkanes) is 1. The van der Waals surface area contributed by atoms with E-state index in [0.717, 1.165) is 12.8 Å². The van der Waals surface area contributed by atoms with Crippen LogP contribution in [0.2, 0.25) is 0 Å². The Hall–Kier alpha value is -2.22. The molecule has 118 valence electrons. The molecule has 0 saturated heterocycles. The van der Waals surface area contributed by atoms with Crippen molar-refractivity contribution in [1.82, 2.24) is 15.5 Å². The molecule has 8 heteroatoms. The van der Waals surface area contributed by atoms with Gasteiger partial charge in [0.25, 0.3) is 0 Å². The van der Waals surface area contributed by atoms with E-state index >= 15 is 0 Å². The summed E-state index contributed by atoms with van der Waals surface area (Å²) in [5, 5.41) is 6.17. The minimum absolute atomic E-state index is 0.0375. The molecule has 0 aliphatic rings. The van der Waals surface area contributed by atoms with Crippen molar-refractivity contribution in [2.45, 2.75) is 30.4 Å². The number of benzene rings is 1. The number of carbonyl (C=O) groups excluding carboxylic acids is 1. The quantitative estimate of drug-likeness (QED) is 0.776. The predicted molar refractivity (Wildman–Crippen MR) is 78.9 cm³/mol. The summed E-state index contributed by atoms with van der Waals surface area (Å²) in [7, 11) is -3.56. The number of hydrogen-bond acceptors (Lipinski definition) is 6. The van der Waals surface area contributed by atoms with Gasteiger partial charge in [-0.15, -0.1) is 0 Å². The van der Waals surface area contributed by atoms with Gasteiger partial charge in [0.2, 0.25) is 0 Å². The summed E-state index contributed by atoms with van der Waals surface area (Å²) in [6.45, 7) is 2.51. The predicted octanol–water partition coefficient (Wildman–Crippen LogP) is 1.57. The Labute approximate surface area is 128 Å². The van der Waals surface area contributed by atoms with Gasteiger partial charge in [0.05, 0.1) is 4.90 Å². The van der Waals surface area contributed by atoms with Gasteiger partial charge in [-0.2, -0.15) is 4.98 Å². The third kappa shape index (κ3) is 4.14. The third-order valence-corrected chi connectivity index (χ3v) is 4.53. The highest BCUT2D eigenvalue weighted by Gasteiger charge is 2.21. The lowest BCUT2D eigenvalue weighted by atomic mass is 10.3. The molecule has 1 aromatic carbocycles. The van der Waals surface area contributed by atoms with Gasteiger partial charge in [-0.3, -0.25) is 4.79 Å². The molecule has 1 N–H and O–H groups in total. The standard InChI is InChI=1S/C14H17N3O4S/c1-2-3-9-15-13(18)14-16-12(17-21-14)10-22(19,20)11-7-5-4-6-8-11/h4-8H,2-3,9-10H2,1H3,(H,15,18). The van der Waals surface area contributed by atoms with Crippen molar-refractivity contribution in [2.24, 2.45) is 0 Å². The van der Waals surface area contributed by atoms with Crippen molar-refractivity contribution in [3.05, 3.63) is 42.0 Å². The number of amides is 1. The molecule has 1 aromatic heterocycles. The van der Waals surface area contributed by atoms with Crippen LogP contribution in [0.4, 0.5) is 0 Å². The molecule has 0 bridgehead atoms. The Morgan fingerprint density at radius 1 is 1.27 bits per heavy atom. The first-order chi connectivity index (χ1) is 10.5. The highest BCUT2D eigenvalue weighted by molar-refractivity contribution is 7.90. The summed E-state index contributed by atoms with van der Waals surface area (Å²) in [5.74, 6) is -1.17. The van der Waals surface area contributed by atoms with E-state index in [1.807, 2.05) is 6.92 Å². The van der Waals surface area contributed by atoms with Crippen LogP contribution in [0.1, 0.15) is 36.3 Å². The summed E-state index contributed by atoms with van der Waals surface area (Å²) in [5.41, 5.74) is 0. The Morgan fingerprint density at radius 3 is 2.68 bits per heavy atom. The van der Waals surface area contributed by atoms with Gasteiger partial charge in [-0.05, 0) is 18.6 Å². The molecule has 0 atom stereocenters. The molecule has 0 fully saturated rings. The van der Waals surface area contributed by atoms with E-state index in [1.165, 1.54) is 12.1 Å². The SMILES string of the molecule is CCCCNC(=O)c1nc(CS(=O)(=O)c2ccccc2)no1. The van der Waals surface area contributed by atoms with E-state index in [9.17, 15) is 13.2 Å². The lowest BCUT2D eigenvalue weighted by Crippen LogP contribution is -2.24. The molecule has 2 rings (SSSR count). The van der Waals surface area contributed by atoms with E-state index in [0.29, 0.717) is 6.54 Å². The fourth-order valence-corrected chi connectivity index (χ4v) is 2.94. The maximum Gasteiger partial charge on any atom is 0.315 e. The number of sulfone groups is 1. The monoisotopic (exact) mass is 323 g/mol. The molecule has 22 heavy (non-hydrogen) atoms. The Balaban J connectivity index is 2.04. The van der Waals surface area contributed by atoms with E-state index in [1.54, 1.807) is 18.2 Å². The first-order valence-corrected chi connectivity index (χ1v) is 8.56. The minimum Gasteiger partial charge on any atom is -0.348 e. The number of nitrogens with one attached hydrogen (secondary N) is 1. The highest BCUT2D eigenvalue weighted by atomic mass is 32.2. The molecule has 0 spiro atoms. The van der Waals surface area contributed by atoms with E-state index < -0.39 is 21.5 Å². The zero-order valence-corrected chi connectivity index (χ0v) is 13.0. The largest absolute Gasteiger partial charge is 0.348 e. The Bertz CT molecular complexity index is 726. The molecular weight excluding hydrogens is 306 g/mol. The van der Waals surface area contributed by atoms with Crippen molar-refractivity contribution in [2.75, 3.05) is 6.54 Å². The van der Waals surface area contributed by atoms with Crippen LogP contribution in [0.5, 0.6) is 0 Å². The number of hydrogen-bond donors (Lipinski definition) is 1. The van der Waals surface area contributed by atoms with E-state index in [4.69, 9.17) is 4.52 Å². The van der Waals surface area contributed by atoms with Crippen molar-refractivity contribution in [1.29, 1.82) is 0 Å². The smallest absolute Gasteiger partial charge is 0.315 e. The van der Waals surface area contributed by atoms with Crippen LogP contribution in [0.25, 0.3) is 0 Å². The summed E-state index contributed by atoms with van der Waals surface area (Å²) < 4.78 is 29.1. The van der Waals surface area contributed by atoms with Crippen molar-refractivity contribution in [3.8, 4) is 0 Å². The summed E-state index contributed by atoms with van der Waals surface area (Å²) in [4.78, 5) is 15.7. The minimum atomic E-state index is -3.56. The molecule has 0 aliphatic heterocycles. The van der Waals surface area contributed by atoms with E-state index in [-0.39, 0.29) is 16.6 Å². The third-order valence-electron chi connectivity index (χ3n) is 2.90. The second-order valence-corrected chi connectivity index (χ2v) is 6.69. The van der Waals surface area contributed by atoms with Crippen LogP contribution in [-0.4, -0.2) is 31.0 Å². The zero-order chi connectivity index (χ0) is 16.0. The van der Waals surface area contributed by atoms with Crippen LogP contribution < -0.4 is 5.32 Å². The van der Waals surface area contributed by atoms with Crippen LogP contribution in [-0.2, 0) is 15.6 Å². The molecule has 0 radical (unpaired) electrons. The number of aromatic nitrogens is 2. The Kier molecular flexibility index (Phi) is 5.26. The summed E-state index contributed by atoms with van der Waals surface area (Å²) in [6.07, 6.45) is 1.79. The van der Waals surface area contributed by atoms with Gasteiger partial charge in [0.1, 0.15) is 5.75 Å². The first-order valence-electron chi connectivity index (χ1n) is 6.91. The topological polar surface area (TPSA) is 102 Å². The number of carbonyl (C=O) groups is 1. The average molecular weight is 323 g/mol. The van der Waals surface area contributed by atoms with Crippen LogP contribution in [0.15, 0.2) is 39.8 Å². The fourth-order valence-electron chi connectivity index (χ4n) is 1.74. The van der Waals surface area contributed by atoms with Gasteiger partial charge in [-0.1, -0.05) is 36.7 Å². The second-order valence-electron chi connectivity index (χ2n) is 4.70. The van der Waals surface area contributed by atoms with Crippen LogP contribution >= 0.6 is 0 Å². The molecule has 0 saturated carbocycles. The van der Waals surface area contributed by atoms with Gasteiger partial charge in [0, 0.05) is 6.54 Å².